The number of aryl methyl sites for hydroxylation is 1. The lowest BCUT2D eigenvalue weighted by molar-refractivity contribution is 0.481. The second-order valence-electron chi connectivity index (χ2n) is 3.65. The molecule has 0 aliphatic rings. The van der Waals surface area contributed by atoms with Crippen LogP contribution in [0.4, 0.5) is 0 Å². The summed E-state index contributed by atoms with van der Waals surface area (Å²) in [5.74, 6) is -0.221. The van der Waals surface area contributed by atoms with Crippen molar-refractivity contribution < 1.29 is 13.0 Å². The number of nitrogens with zero attached hydrogens (tertiary/aromatic N) is 1. The Hall–Kier alpha value is -0.630. The SMILES string of the molecule is O=S(=O)(O)CCCc1nc2cc(S)ccc2s1. The van der Waals surface area contributed by atoms with Crippen molar-refractivity contribution in [2.45, 2.75) is 17.7 Å². The fourth-order valence-electron chi connectivity index (χ4n) is 1.48. The molecule has 1 heterocycles. The molecule has 0 aliphatic carbocycles. The molecule has 2 rings (SSSR count). The van der Waals surface area contributed by atoms with Crippen molar-refractivity contribution in [3.05, 3.63) is 23.2 Å². The van der Waals surface area contributed by atoms with Gasteiger partial charge in [0.25, 0.3) is 10.1 Å². The van der Waals surface area contributed by atoms with Gasteiger partial charge in [0, 0.05) is 11.3 Å². The summed E-state index contributed by atoms with van der Waals surface area (Å²) in [7, 11) is -3.87. The van der Waals surface area contributed by atoms with Crippen LogP contribution in [0.5, 0.6) is 0 Å². The van der Waals surface area contributed by atoms with Gasteiger partial charge in [-0.25, -0.2) is 4.98 Å². The third kappa shape index (κ3) is 3.67. The van der Waals surface area contributed by atoms with Crippen LogP contribution < -0.4 is 0 Å². The first-order valence-electron chi connectivity index (χ1n) is 4.98. The molecule has 1 N–H and O–H groups in total. The van der Waals surface area contributed by atoms with E-state index in [1.54, 1.807) is 0 Å². The van der Waals surface area contributed by atoms with Gasteiger partial charge in [0.2, 0.25) is 0 Å². The van der Waals surface area contributed by atoms with E-state index in [1.165, 1.54) is 11.3 Å². The highest BCUT2D eigenvalue weighted by molar-refractivity contribution is 7.85. The van der Waals surface area contributed by atoms with Gasteiger partial charge in [-0.2, -0.15) is 8.42 Å². The zero-order chi connectivity index (χ0) is 12.5. The Morgan fingerprint density at radius 1 is 1.41 bits per heavy atom. The topological polar surface area (TPSA) is 67.3 Å². The molecule has 0 spiro atoms. The van der Waals surface area contributed by atoms with Crippen molar-refractivity contribution in [1.29, 1.82) is 0 Å². The van der Waals surface area contributed by atoms with Gasteiger partial charge >= 0.3 is 0 Å². The summed E-state index contributed by atoms with van der Waals surface area (Å²) < 4.78 is 30.8. The van der Waals surface area contributed by atoms with Crippen molar-refractivity contribution >= 4 is 44.3 Å². The molecule has 1 aromatic heterocycles. The highest BCUT2D eigenvalue weighted by Crippen LogP contribution is 2.25. The van der Waals surface area contributed by atoms with E-state index >= 15 is 0 Å². The maximum Gasteiger partial charge on any atom is 0.264 e. The van der Waals surface area contributed by atoms with E-state index in [1.807, 2.05) is 18.2 Å². The second kappa shape index (κ2) is 4.93. The smallest absolute Gasteiger partial charge is 0.264 e. The van der Waals surface area contributed by atoms with Gasteiger partial charge in [-0.1, -0.05) is 0 Å². The van der Waals surface area contributed by atoms with Crippen molar-refractivity contribution in [1.82, 2.24) is 4.98 Å². The molecule has 0 bridgehead atoms. The van der Waals surface area contributed by atoms with Crippen molar-refractivity contribution in [3.8, 4) is 0 Å². The largest absolute Gasteiger partial charge is 0.286 e. The van der Waals surface area contributed by atoms with Crippen LogP contribution in [0, 0.1) is 0 Å². The normalized spacial score (nSPS) is 12.1. The summed E-state index contributed by atoms with van der Waals surface area (Å²) >= 11 is 5.77. The summed E-state index contributed by atoms with van der Waals surface area (Å²) in [5.41, 5.74) is 0.879. The number of thiazole rings is 1. The molecule has 1 aromatic carbocycles. The number of aromatic nitrogens is 1. The van der Waals surface area contributed by atoms with Crippen LogP contribution in [-0.2, 0) is 16.5 Å². The van der Waals surface area contributed by atoms with Gasteiger partial charge in [-0.05, 0) is 24.6 Å². The monoisotopic (exact) mass is 289 g/mol. The van der Waals surface area contributed by atoms with E-state index in [9.17, 15) is 8.42 Å². The molecule has 92 valence electrons. The molecule has 0 fully saturated rings. The van der Waals surface area contributed by atoms with Crippen molar-refractivity contribution in [2.75, 3.05) is 5.75 Å². The predicted octanol–water partition coefficient (Wildman–Crippen LogP) is 2.41. The Bertz CT molecular complexity index is 633. The quantitative estimate of drug-likeness (QED) is 0.670. The summed E-state index contributed by atoms with van der Waals surface area (Å²) in [6.07, 6.45) is 0.938. The average molecular weight is 289 g/mol. The third-order valence-electron chi connectivity index (χ3n) is 2.21. The fourth-order valence-corrected chi connectivity index (χ4v) is 3.17. The van der Waals surface area contributed by atoms with Crippen LogP contribution in [0.2, 0.25) is 0 Å². The van der Waals surface area contributed by atoms with Gasteiger partial charge in [0.15, 0.2) is 0 Å². The lowest BCUT2D eigenvalue weighted by Crippen LogP contribution is -2.04. The first-order chi connectivity index (χ1) is 7.94. The zero-order valence-corrected chi connectivity index (χ0v) is 11.4. The van der Waals surface area contributed by atoms with Crippen LogP contribution in [0.15, 0.2) is 23.1 Å². The molecule has 0 atom stereocenters. The van der Waals surface area contributed by atoms with Gasteiger partial charge in [-0.15, -0.1) is 24.0 Å². The van der Waals surface area contributed by atoms with Gasteiger partial charge < -0.3 is 0 Å². The van der Waals surface area contributed by atoms with Crippen LogP contribution in [0.3, 0.4) is 0 Å². The summed E-state index contributed by atoms with van der Waals surface area (Å²) in [6, 6.07) is 5.72. The molecule has 17 heavy (non-hydrogen) atoms. The molecule has 0 radical (unpaired) electrons. The number of hydrogen-bond donors (Lipinski definition) is 2. The second-order valence-corrected chi connectivity index (χ2v) is 6.85. The summed E-state index contributed by atoms with van der Waals surface area (Å²) in [4.78, 5) is 5.24. The predicted molar refractivity (Wildman–Crippen MR) is 71.6 cm³/mol. The van der Waals surface area contributed by atoms with Crippen LogP contribution in [0.25, 0.3) is 10.2 Å². The Morgan fingerprint density at radius 3 is 2.88 bits per heavy atom. The average Bonchev–Trinajstić information content (AvgIpc) is 2.57. The minimum Gasteiger partial charge on any atom is -0.286 e. The lowest BCUT2D eigenvalue weighted by Gasteiger charge is -1.94. The number of benzene rings is 1. The number of fused-ring (bicyclic) bond motifs is 1. The molecule has 2 aromatic rings. The molecule has 0 saturated carbocycles. The highest BCUT2D eigenvalue weighted by Gasteiger charge is 2.07. The Kier molecular flexibility index (Phi) is 3.72. The van der Waals surface area contributed by atoms with E-state index < -0.39 is 10.1 Å². The van der Waals surface area contributed by atoms with E-state index in [4.69, 9.17) is 4.55 Å². The molecular weight excluding hydrogens is 278 g/mol. The third-order valence-corrected chi connectivity index (χ3v) is 4.39. The van der Waals surface area contributed by atoms with Crippen molar-refractivity contribution in [2.24, 2.45) is 0 Å². The van der Waals surface area contributed by atoms with E-state index in [0.717, 1.165) is 20.1 Å². The summed E-state index contributed by atoms with van der Waals surface area (Å²) in [6.45, 7) is 0. The molecule has 0 amide bonds. The first-order valence-corrected chi connectivity index (χ1v) is 7.85. The van der Waals surface area contributed by atoms with Gasteiger partial charge in [-0.3, -0.25) is 4.55 Å². The molecule has 0 saturated heterocycles. The minimum absolute atomic E-state index is 0.221. The van der Waals surface area contributed by atoms with E-state index in [0.29, 0.717) is 12.8 Å². The lowest BCUT2D eigenvalue weighted by atomic mass is 10.3. The van der Waals surface area contributed by atoms with Crippen molar-refractivity contribution in [3.63, 3.8) is 0 Å². The Morgan fingerprint density at radius 2 is 2.18 bits per heavy atom. The Balaban J connectivity index is 2.09. The maximum atomic E-state index is 10.6. The van der Waals surface area contributed by atoms with E-state index in [2.05, 4.69) is 17.6 Å². The fraction of sp³-hybridized carbons (Fsp3) is 0.300. The van der Waals surface area contributed by atoms with Gasteiger partial charge in [0.05, 0.1) is 21.0 Å². The minimum atomic E-state index is -3.87. The summed E-state index contributed by atoms with van der Waals surface area (Å²) in [5, 5.41) is 0.877. The number of thiol groups is 1. The Labute approximate surface area is 109 Å². The molecule has 0 aliphatic heterocycles. The van der Waals surface area contributed by atoms with E-state index in [-0.39, 0.29) is 5.75 Å². The molecule has 0 unspecified atom stereocenters. The maximum absolute atomic E-state index is 10.6. The van der Waals surface area contributed by atoms with Gasteiger partial charge in [0.1, 0.15) is 0 Å². The van der Waals surface area contributed by atoms with Crippen LogP contribution in [0.1, 0.15) is 11.4 Å². The standard InChI is InChI=1S/C10H11NO3S3/c12-17(13,14)5-1-2-10-11-8-6-7(15)3-4-9(8)16-10/h3-4,6,15H,1-2,5H2,(H,12,13,14). The molecule has 7 heteroatoms. The first kappa shape index (κ1) is 12.8. The number of rotatable bonds is 4. The van der Waals surface area contributed by atoms with Crippen LogP contribution >= 0.6 is 24.0 Å². The number of hydrogen-bond acceptors (Lipinski definition) is 5. The molecular formula is C10H11NO3S3. The molecule has 4 nitrogen and oxygen atoms in total. The zero-order valence-electron chi connectivity index (χ0n) is 8.83. The van der Waals surface area contributed by atoms with Crippen LogP contribution in [-0.4, -0.2) is 23.7 Å². The highest BCUT2D eigenvalue weighted by atomic mass is 32.2.